The minimum Gasteiger partial charge on any atom is -0.354 e. The zero-order valence-corrected chi connectivity index (χ0v) is 41.0. The van der Waals surface area contributed by atoms with Gasteiger partial charge in [0.05, 0.1) is 16.6 Å². The molecule has 12 rings (SSSR count). The normalized spacial score (nSPS) is 15.1. The molecule has 344 valence electrons. The summed E-state index contributed by atoms with van der Waals surface area (Å²) in [6, 6.07) is 40.5. The summed E-state index contributed by atoms with van der Waals surface area (Å²) < 4.78 is 1.98. The number of H-pyrrole nitrogens is 1. The molecule has 69 heavy (non-hydrogen) atoms. The van der Waals surface area contributed by atoms with Crippen LogP contribution in [-0.2, 0) is 4.84 Å². The molecule has 0 bridgehead atoms. The third kappa shape index (κ3) is 8.16. The van der Waals surface area contributed by atoms with Crippen molar-refractivity contribution in [1.82, 2.24) is 24.8 Å². The number of amides is 1. The first-order valence-electron chi connectivity index (χ1n) is 22.8. The maximum Gasteiger partial charge on any atom is 0.435 e. The summed E-state index contributed by atoms with van der Waals surface area (Å²) in [6.07, 6.45) is 3.13. The van der Waals surface area contributed by atoms with E-state index in [0.29, 0.717) is 11.4 Å². The molecular formula is C53H45Br2N11O3. The highest BCUT2D eigenvalue weighted by atomic mass is 79.9. The molecule has 1 amide bonds. The number of halogens is 2. The highest BCUT2D eigenvalue weighted by Gasteiger charge is 2.35. The van der Waals surface area contributed by atoms with Crippen LogP contribution in [0.25, 0.3) is 54.8 Å². The van der Waals surface area contributed by atoms with Crippen molar-refractivity contribution in [2.75, 3.05) is 86.1 Å². The number of nitrogens with one attached hydrogen (secondary N) is 1. The van der Waals surface area contributed by atoms with E-state index in [4.69, 9.17) is 9.82 Å². The van der Waals surface area contributed by atoms with Crippen molar-refractivity contribution in [1.29, 1.82) is 0 Å². The van der Waals surface area contributed by atoms with Crippen molar-refractivity contribution < 1.29 is 9.63 Å². The summed E-state index contributed by atoms with van der Waals surface area (Å²) in [6.45, 7) is 6.55. The molecule has 0 saturated carbocycles. The standard InChI is InChI=1S/C28H25BrN6O2.C25H20BrN5O/c1-33(2)28(36)37-32-26-20-8-4-3-7-19(20)24-21-17-18(29)10-11-22(21)31-27(25(24)26)35-15-13-34(14-16-35)23-9-5-6-12-30-23;26-16-8-9-20-19(15-16)22-17-5-1-2-6-18(17)24(29-32)23(22)25(28-20)31-13-11-30(12-14-31)21-7-3-4-10-27-21/h3-12,17H,13-16H2,1-2H3;1-10,15,28H,11-14H2/b32-26+;. The van der Waals surface area contributed by atoms with Crippen molar-refractivity contribution in [2.24, 2.45) is 10.3 Å². The van der Waals surface area contributed by atoms with Crippen molar-refractivity contribution >= 4 is 105 Å². The molecule has 2 saturated heterocycles. The Bertz CT molecular complexity index is 3410. The van der Waals surface area contributed by atoms with Crippen LogP contribution in [-0.4, -0.2) is 103 Å². The van der Waals surface area contributed by atoms with Gasteiger partial charge in [-0.3, -0.25) is 4.84 Å². The number of hydrogen-bond acceptors (Lipinski definition) is 12. The van der Waals surface area contributed by atoms with Crippen LogP contribution in [0.5, 0.6) is 0 Å². The van der Waals surface area contributed by atoms with Crippen LogP contribution in [0.15, 0.2) is 153 Å². The molecule has 1 N–H and O–H groups in total. The zero-order chi connectivity index (χ0) is 47.2. The average molecular weight is 1040 g/mol. The fourth-order valence-corrected chi connectivity index (χ4v) is 10.5. The maximum atomic E-state index is 12.3. The van der Waals surface area contributed by atoms with Gasteiger partial charge >= 0.3 is 6.09 Å². The van der Waals surface area contributed by atoms with E-state index in [-0.39, 0.29) is 0 Å². The smallest absolute Gasteiger partial charge is 0.354 e. The molecule has 2 aliphatic carbocycles. The Morgan fingerprint density at radius 2 is 1.19 bits per heavy atom. The molecule has 16 heteroatoms. The van der Waals surface area contributed by atoms with E-state index in [1.54, 1.807) is 14.1 Å². The molecule has 5 aliphatic rings. The van der Waals surface area contributed by atoms with Gasteiger partial charge < -0.3 is 29.5 Å². The number of piperazine rings is 2. The van der Waals surface area contributed by atoms with Gasteiger partial charge in [0.15, 0.2) is 0 Å². The lowest BCUT2D eigenvalue weighted by Crippen LogP contribution is -2.47. The summed E-state index contributed by atoms with van der Waals surface area (Å²) in [5.74, 6) is 3.79. The van der Waals surface area contributed by atoms with Crippen molar-refractivity contribution in [3.63, 3.8) is 0 Å². The molecule has 6 heterocycles. The van der Waals surface area contributed by atoms with Crippen molar-refractivity contribution in [3.05, 3.63) is 159 Å². The lowest BCUT2D eigenvalue weighted by molar-refractivity contribution is 0.122. The second-order valence-corrected chi connectivity index (χ2v) is 19.1. The Kier molecular flexibility index (Phi) is 11.9. The van der Waals surface area contributed by atoms with E-state index in [2.05, 4.69) is 107 Å². The number of hydrogen-bond donors (Lipinski definition) is 1. The molecule has 0 atom stereocenters. The number of aromatic amines is 1. The Morgan fingerprint density at radius 3 is 1.83 bits per heavy atom. The molecule has 3 aromatic heterocycles. The molecule has 3 aliphatic heterocycles. The first-order chi connectivity index (χ1) is 33.7. The van der Waals surface area contributed by atoms with E-state index in [1.807, 2.05) is 103 Å². The lowest BCUT2D eigenvalue weighted by Gasteiger charge is -2.37. The molecular weight excluding hydrogens is 998 g/mol. The van der Waals surface area contributed by atoms with Crippen molar-refractivity contribution in [2.45, 2.75) is 0 Å². The van der Waals surface area contributed by atoms with Gasteiger partial charge in [-0.05, 0) is 76.8 Å². The van der Waals surface area contributed by atoms with Crippen LogP contribution in [0.3, 0.4) is 0 Å². The van der Waals surface area contributed by atoms with Gasteiger partial charge in [-0.25, -0.2) is 19.7 Å². The molecule has 0 unspecified atom stereocenters. The van der Waals surface area contributed by atoms with E-state index in [1.165, 1.54) is 4.90 Å². The van der Waals surface area contributed by atoms with Crippen LogP contribution in [0.4, 0.5) is 33.8 Å². The number of pyridine rings is 4. The number of benzene rings is 4. The molecule has 0 radical (unpaired) electrons. The molecule has 4 aromatic carbocycles. The predicted molar refractivity (Wildman–Crippen MR) is 284 cm³/mol. The summed E-state index contributed by atoms with van der Waals surface area (Å²) >= 11 is 7.24. The van der Waals surface area contributed by atoms with Gasteiger partial charge in [-0.15, -0.1) is 4.91 Å². The van der Waals surface area contributed by atoms with Gasteiger partial charge in [-0.2, -0.15) is 0 Å². The highest BCUT2D eigenvalue weighted by Crippen LogP contribution is 2.52. The number of carbonyl (C=O) groups excluding carboxylic acids is 1. The average Bonchev–Trinajstić information content (AvgIpc) is 3.92. The summed E-state index contributed by atoms with van der Waals surface area (Å²) in [5, 5.41) is 12.0. The van der Waals surface area contributed by atoms with Crippen LogP contribution < -0.4 is 19.6 Å². The summed E-state index contributed by atoms with van der Waals surface area (Å²) in [4.78, 5) is 58.1. The monoisotopic (exact) mass is 1040 g/mol. The number of nitrogens with zero attached hydrogens (tertiary/aromatic N) is 10. The second-order valence-electron chi connectivity index (χ2n) is 17.3. The van der Waals surface area contributed by atoms with Gasteiger partial charge in [-0.1, -0.05) is 97.7 Å². The fraction of sp³-hybridized carbons (Fsp3) is 0.189. The van der Waals surface area contributed by atoms with Gasteiger partial charge in [0.25, 0.3) is 0 Å². The quantitative estimate of drug-likeness (QED) is 0.0973. The van der Waals surface area contributed by atoms with Gasteiger partial charge in [0, 0.05) is 126 Å². The zero-order valence-electron chi connectivity index (χ0n) is 37.8. The minimum atomic E-state index is -0.527. The van der Waals surface area contributed by atoms with Gasteiger partial charge in [0.2, 0.25) is 0 Å². The SMILES string of the molecule is CN(C)C(=O)O/N=C1\c2ccccc2-c2c1c(N1CCN(c3ccccn3)CC1)nc1ccc(Br)cc21.O=Nc1c2c(N3CCN(c4ccccn4)CC3)[nH]c3ccc(Br)cc3c-2c2ccccc12. The number of anilines is 4. The van der Waals surface area contributed by atoms with E-state index < -0.39 is 6.09 Å². The number of carbonyl (C=O) groups is 1. The highest BCUT2D eigenvalue weighted by molar-refractivity contribution is 9.10. The Labute approximate surface area is 414 Å². The number of rotatable bonds is 6. The van der Waals surface area contributed by atoms with Crippen molar-refractivity contribution in [3.8, 4) is 22.3 Å². The Hall–Kier alpha value is -7.43. The third-order valence-electron chi connectivity index (χ3n) is 13.1. The summed E-state index contributed by atoms with van der Waals surface area (Å²) in [5.41, 5.74) is 8.98. The summed E-state index contributed by atoms with van der Waals surface area (Å²) in [7, 11) is 3.27. The third-order valence-corrected chi connectivity index (χ3v) is 14.1. The molecule has 0 spiro atoms. The number of oxime groups is 1. The minimum absolute atomic E-state index is 0.510. The molecule has 2 fully saturated rings. The van der Waals surface area contributed by atoms with Gasteiger partial charge in [0.1, 0.15) is 34.7 Å². The fourth-order valence-electron chi connectivity index (χ4n) is 9.81. The van der Waals surface area contributed by atoms with Crippen LogP contribution in [0.2, 0.25) is 0 Å². The predicted octanol–water partition coefficient (Wildman–Crippen LogP) is 11.5. The van der Waals surface area contributed by atoms with Crippen LogP contribution in [0.1, 0.15) is 11.1 Å². The van der Waals surface area contributed by atoms with E-state index in [9.17, 15) is 9.70 Å². The Balaban J connectivity index is 0.000000152. The van der Waals surface area contributed by atoms with E-state index >= 15 is 0 Å². The topological polar surface area (TPSA) is 139 Å². The first kappa shape index (κ1) is 44.1. The second kappa shape index (κ2) is 18.6. The molecule has 7 aromatic rings. The largest absolute Gasteiger partial charge is 0.435 e. The Morgan fingerprint density at radius 1 is 0.609 bits per heavy atom. The maximum absolute atomic E-state index is 12.3. The van der Waals surface area contributed by atoms with E-state index in [0.717, 1.165) is 151 Å². The number of nitroso groups, excluding NO2 is 1. The number of fused-ring (bicyclic) bond motifs is 10. The lowest BCUT2D eigenvalue weighted by atomic mass is 10.0. The number of aromatic nitrogens is 4. The first-order valence-corrected chi connectivity index (χ1v) is 24.3. The molecule has 14 nitrogen and oxygen atoms in total. The van der Waals surface area contributed by atoms with Crippen LogP contribution >= 0.6 is 31.9 Å². The van der Waals surface area contributed by atoms with Crippen LogP contribution in [0, 0.1) is 4.91 Å².